The first-order valence-electron chi connectivity index (χ1n) is 6.26. The Hall–Kier alpha value is -0.610. The zero-order valence-corrected chi connectivity index (χ0v) is 10.4. The Morgan fingerprint density at radius 3 is 2.56 bits per heavy atom. The van der Waals surface area contributed by atoms with Gasteiger partial charge in [-0.05, 0) is 12.8 Å². The third-order valence-electron chi connectivity index (χ3n) is 3.13. The highest BCUT2D eigenvalue weighted by Crippen LogP contribution is 2.26. The predicted molar refractivity (Wildman–Crippen MR) is 63.9 cm³/mol. The lowest BCUT2D eigenvalue weighted by Gasteiger charge is -2.46. The number of carbonyl (C=O) groups is 1. The molecule has 1 unspecified atom stereocenters. The van der Waals surface area contributed by atoms with E-state index in [-0.39, 0.29) is 11.9 Å². The van der Waals surface area contributed by atoms with Gasteiger partial charge in [0.15, 0.2) is 0 Å². The molecule has 1 rings (SSSR count). The minimum atomic E-state index is -0.626. The molecule has 1 amide bonds. The summed E-state index contributed by atoms with van der Waals surface area (Å²) in [6, 6.07) is -0.0302. The Bertz CT molecular complexity index is 237. The SMILES string of the molecule is CCCC(N)CC(=O)N1CC(O)(CCC)C1. The van der Waals surface area contributed by atoms with Crippen molar-refractivity contribution in [2.24, 2.45) is 5.73 Å². The van der Waals surface area contributed by atoms with Crippen molar-refractivity contribution >= 4 is 5.91 Å². The highest BCUT2D eigenvalue weighted by Gasteiger charge is 2.42. The number of rotatable bonds is 6. The second-order valence-corrected chi connectivity index (χ2v) is 4.98. The third kappa shape index (κ3) is 3.46. The van der Waals surface area contributed by atoms with Gasteiger partial charge in [-0.1, -0.05) is 26.7 Å². The number of aliphatic hydroxyl groups is 1. The fourth-order valence-electron chi connectivity index (χ4n) is 2.29. The fraction of sp³-hybridized carbons (Fsp3) is 0.917. The minimum Gasteiger partial charge on any atom is -0.386 e. The maximum atomic E-state index is 11.7. The molecule has 0 bridgehead atoms. The summed E-state index contributed by atoms with van der Waals surface area (Å²) in [6.07, 6.45) is 4.04. The zero-order chi connectivity index (χ0) is 12.2. The molecule has 0 saturated carbocycles. The van der Waals surface area contributed by atoms with Gasteiger partial charge in [0.1, 0.15) is 0 Å². The van der Waals surface area contributed by atoms with Crippen molar-refractivity contribution in [1.29, 1.82) is 0 Å². The van der Waals surface area contributed by atoms with E-state index in [0.717, 1.165) is 25.7 Å². The van der Waals surface area contributed by atoms with Crippen molar-refractivity contribution in [2.75, 3.05) is 13.1 Å². The molecule has 1 aliphatic heterocycles. The summed E-state index contributed by atoms with van der Waals surface area (Å²) in [5.74, 6) is 0.0849. The molecule has 0 aromatic rings. The van der Waals surface area contributed by atoms with E-state index in [2.05, 4.69) is 6.92 Å². The lowest BCUT2D eigenvalue weighted by atomic mass is 9.89. The van der Waals surface area contributed by atoms with Crippen LogP contribution >= 0.6 is 0 Å². The molecule has 0 spiro atoms. The van der Waals surface area contributed by atoms with Crippen LogP contribution in [-0.4, -0.2) is 40.6 Å². The average Bonchev–Trinajstić information content (AvgIpc) is 2.14. The Morgan fingerprint density at radius 2 is 2.06 bits per heavy atom. The summed E-state index contributed by atoms with van der Waals surface area (Å²) in [7, 11) is 0. The van der Waals surface area contributed by atoms with E-state index in [1.165, 1.54) is 0 Å². The molecule has 3 N–H and O–H groups in total. The smallest absolute Gasteiger partial charge is 0.224 e. The van der Waals surface area contributed by atoms with Gasteiger partial charge in [-0.25, -0.2) is 0 Å². The van der Waals surface area contributed by atoms with Crippen LogP contribution in [-0.2, 0) is 4.79 Å². The van der Waals surface area contributed by atoms with Crippen LogP contribution in [0.4, 0.5) is 0 Å². The molecule has 1 atom stereocenters. The quantitative estimate of drug-likeness (QED) is 0.709. The monoisotopic (exact) mass is 228 g/mol. The number of likely N-dealkylation sites (tertiary alicyclic amines) is 1. The van der Waals surface area contributed by atoms with Gasteiger partial charge in [0.2, 0.25) is 5.91 Å². The van der Waals surface area contributed by atoms with Crippen LogP contribution in [0.15, 0.2) is 0 Å². The van der Waals surface area contributed by atoms with Crippen LogP contribution in [0.5, 0.6) is 0 Å². The van der Waals surface area contributed by atoms with Gasteiger partial charge < -0.3 is 15.7 Å². The van der Waals surface area contributed by atoms with E-state index in [4.69, 9.17) is 5.73 Å². The molecule has 94 valence electrons. The highest BCUT2D eigenvalue weighted by molar-refractivity contribution is 5.78. The van der Waals surface area contributed by atoms with Crippen LogP contribution in [0.25, 0.3) is 0 Å². The van der Waals surface area contributed by atoms with E-state index in [1.54, 1.807) is 4.90 Å². The van der Waals surface area contributed by atoms with Crippen LogP contribution < -0.4 is 5.73 Å². The number of hydrogen-bond donors (Lipinski definition) is 2. The third-order valence-corrected chi connectivity index (χ3v) is 3.13. The number of nitrogens with two attached hydrogens (primary N) is 1. The second-order valence-electron chi connectivity index (χ2n) is 4.98. The topological polar surface area (TPSA) is 66.6 Å². The van der Waals surface area contributed by atoms with Gasteiger partial charge >= 0.3 is 0 Å². The first-order chi connectivity index (χ1) is 7.50. The number of amides is 1. The number of hydrogen-bond acceptors (Lipinski definition) is 3. The molecule has 4 heteroatoms. The summed E-state index contributed by atoms with van der Waals surface area (Å²) in [4.78, 5) is 13.5. The standard InChI is InChI=1S/C12H24N2O2/c1-3-5-10(13)7-11(15)14-8-12(16,9-14)6-4-2/h10,16H,3-9,13H2,1-2H3. The molecule has 1 heterocycles. The summed E-state index contributed by atoms with van der Waals surface area (Å²) < 4.78 is 0. The highest BCUT2D eigenvalue weighted by atomic mass is 16.3. The average molecular weight is 228 g/mol. The summed E-state index contributed by atoms with van der Waals surface area (Å²) in [5, 5.41) is 9.94. The van der Waals surface area contributed by atoms with Crippen LogP contribution in [0, 0.1) is 0 Å². The lowest BCUT2D eigenvalue weighted by Crippen LogP contribution is -2.63. The van der Waals surface area contributed by atoms with E-state index in [1.807, 2.05) is 6.92 Å². The van der Waals surface area contributed by atoms with Crippen molar-refractivity contribution < 1.29 is 9.90 Å². The number of nitrogens with zero attached hydrogens (tertiary/aromatic N) is 1. The Labute approximate surface area is 97.8 Å². The first kappa shape index (κ1) is 13.5. The maximum Gasteiger partial charge on any atom is 0.224 e. The molecule has 4 nitrogen and oxygen atoms in total. The Morgan fingerprint density at radius 1 is 1.44 bits per heavy atom. The Balaban J connectivity index is 2.26. The first-order valence-corrected chi connectivity index (χ1v) is 6.26. The van der Waals surface area contributed by atoms with Crippen LogP contribution in [0.1, 0.15) is 46.0 Å². The van der Waals surface area contributed by atoms with Crippen molar-refractivity contribution in [3.05, 3.63) is 0 Å². The van der Waals surface area contributed by atoms with Gasteiger partial charge in [0.25, 0.3) is 0 Å². The van der Waals surface area contributed by atoms with Crippen molar-refractivity contribution in [3.8, 4) is 0 Å². The molecular formula is C12H24N2O2. The van der Waals surface area contributed by atoms with Crippen LogP contribution in [0.2, 0.25) is 0 Å². The number of carbonyl (C=O) groups excluding carboxylic acids is 1. The zero-order valence-electron chi connectivity index (χ0n) is 10.4. The van der Waals surface area contributed by atoms with Crippen molar-refractivity contribution in [3.63, 3.8) is 0 Å². The molecule has 1 saturated heterocycles. The molecule has 0 radical (unpaired) electrons. The van der Waals surface area contributed by atoms with E-state index >= 15 is 0 Å². The lowest BCUT2D eigenvalue weighted by molar-refractivity contribution is -0.156. The molecule has 0 aliphatic carbocycles. The fourth-order valence-corrected chi connectivity index (χ4v) is 2.29. The van der Waals surface area contributed by atoms with Crippen molar-refractivity contribution in [1.82, 2.24) is 4.90 Å². The summed E-state index contributed by atoms with van der Waals surface area (Å²) in [6.45, 7) is 5.07. The predicted octanol–water partition coefficient (Wildman–Crippen LogP) is 0.877. The van der Waals surface area contributed by atoms with Gasteiger partial charge in [-0.2, -0.15) is 0 Å². The molecule has 1 fully saturated rings. The molecule has 16 heavy (non-hydrogen) atoms. The minimum absolute atomic E-state index is 0.0302. The van der Waals surface area contributed by atoms with Gasteiger partial charge in [-0.15, -0.1) is 0 Å². The van der Waals surface area contributed by atoms with Gasteiger partial charge in [0.05, 0.1) is 18.7 Å². The summed E-state index contributed by atoms with van der Waals surface area (Å²) in [5.41, 5.74) is 5.19. The molecule has 1 aliphatic rings. The van der Waals surface area contributed by atoms with Gasteiger partial charge in [0, 0.05) is 12.5 Å². The van der Waals surface area contributed by atoms with Gasteiger partial charge in [-0.3, -0.25) is 4.79 Å². The second kappa shape index (κ2) is 5.64. The Kier molecular flexibility index (Phi) is 4.74. The number of β-amino-alcohol motifs (C(OH)–C–C–N with tert-alkyl or cyclic N) is 1. The van der Waals surface area contributed by atoms with E-state index in [9.17, 15) is 9.90 Å². The molecule has 0 aromatic carbocycles. The maximum absolute atomic E-state index is 11.7. The molecule has 0 aromatic heterocycles. The van der Waals surface area contributed by atoms with E-state index in [0.29, 0.717) is 19.5 Å². The largest absolute Gasteiger partial charge is 0.386 e. The van der Waals surface area contributed by atoms with E-state index < -0.39 is 5.60 Å². The van der Waals surface area contributed by atoms with Crippen molar-refractivity contribution in [2.45, 2.75) is 57.6 Å². The van der Waals surface area contributed by atoms with Crippen LogP contribution in [0.3, 0.4) is 0 Å². The molecular weight excluding hydrogens is 204 g/mol. The summed E-state index contributed by atoms with van der Waals surface area (Å²) >= 11 is 0. The normalized spacial score (nSPS) is 20.4.